The first-order valence-corrected chi connectivity index (χ1v) is 6.42. The zero-order valence-electron chi connectivity index (χ0n) is 10.4. The van der Waals surface area contributed by atoms with Crippen LogP contribution in [0.25, 0.3) is 0 Å². The Morgan fingerprint density at radius 3 is 2.44 bits per heavy atom. The Kier molecular flexibility index (Phi) is 4.19. The van der Waals surface area contributed by atoms with Crippen molar-refractivity contribution in [3.63, 3.8) is 0 Å². The van der Waals surface area contributed by atoms with Crippen molar-refractivity contribution < 1.29 is 9.84 Å². The van der Waals surface area contributed by atoms with Crippen molar-refractivity contribution >= 4 is 0 Å². The lowest BCUT2D eigenvalue weighted by Gasteiger charge is -2.36. The van der Waals surface area contributed by atoms with Crippen molar-refractivity contribution in [1.82, 2.24) is 10.2 Å². The molecule has 4 nitrogen and oxygen atoms in total. The molecule has 0 bridgehead atoms. The average Bonchev–Trinajstić information content (AvgIpc) is 2.65. The molecule has 0 radical (unpaired) electrons. The van der Waals surface area contributed by atoms with Crippen LogP contribution in [-0.4, -0.2) is 60.5 Å². The lowest BCUT2D eigenvalue weighted by molar-refractivity contribution is 0.115. The summed E-state index contributed by atoms with van der Waals surface area (Å²) in [5.74, 6) is 0. The Morgan fingerprint density at radius 2 is 1.94 bits per heavy atom. The third-order valence-corrected chi connectivity index (χ3v) is 3.76. The maximum Gasteiger partial charge on any atom is 0.0948 e. The molecule has 2 heterocycles. The van der Waals surface area contributed by atoms with Gasteiger partial charge in [0.05, 0.1) is 25.4 Å². The highest BCUT2D eigenvalue weighted by molar-refractivity contribution is 4.87. The van der Waals surface area contributed by atoms with Crippen LogP contribution >= 0.6 is 0 Å². The van der Waals surface area contributed by atoms with Gasteiger partial charge >= 0.3 is 0 Å². The number of hydrogen-bond acceptors (Lipinski definition) is 4. The third-order valence-electron chi connectivity index (χ3n) is 3.76. The molecule has 0 aromatic heterocycles. The molecule has 2 N–H and O–H groups in total. The molecule has 2 unspecified atom stereocenters. The molecular formula is C12H24N2O2. The lowest BCUT2D eigenvalue weighted by Crippen LogP contribution is -2.50. The van der Waals surface area contributed by atoms with Gasteiger partial charge in [0, 0.05) is 12.1 Å². The van der Waals surface area contributed by atoms with Gasteiger partial charge in [0.2, 0.25) is 0 Å². The van der Waals surface area contributed by atoms with Crippen LogP contribution in [0.2, 0.25) is 0 Å². The molecule has 0 saturated carbocycles. The minimum absolute atomic E-state index is 0.149. The summed E-state index contributed by atoms with van der Waals surface area (Å²) in [6.07, 6.45) is 2.05. The summed E-state index contributed by atoms with van der Waals surface area (Å²) >= 11 is 0. The number of aliphatic hydroxyl groups is 1. The van der Waals surface area contributed by atoms with Crippen LogP contribution < -0.4 is 5.32 Å². The van der Waals surface area contributed by atoms with Crippen LogP contribution in [0, 0.1) is 0 Å². The number of ether oxygens (including phenoxy) is 1. The van der Waals surface area contributed by atoms with Gasteiger partial charge in [0.1, 0.15) is 0 Å². The molecule has 0 spiro atoms. The van der Waals surface area contributed by atoms with Crippen LogP contribution in [-0.2, 0) is 4.74 Å². The van der Waals surface area contributed by atoms with Gasteiger partial charge in [-0.25, -0.2) is 0 Å². The van der Waals surface area contributed by atoms with Crippen molar-refractivity contribution in [3.05, 3.63) is 0 Å². The number of rotatable bonds is 3. The summed E-state index contributed by atoms with van der Waals surface area (Å²) in [6.45, 7) is 7.98. The van der Waals surface area contributed by atoms with Crippen molar-refractivity contribution in [3.8, 4) is 0 Å². The lowest BCUT2D eigenvalue weighted by atomic mass is 10.0. The van der Waals surface area contributed by atoms with Gasteiger partial charge in [-0.15, -0.1) is 0 Å². The van der Waals surface area contributed by atoms with E-state index < -0.39 is 0 Å². The Bertz CT molecular complexity index is 215. The smallest absolute Gasteiger partial charge is 0.0948 e. The second kappa shape index (κ2) is 5.45. The Hall–Kier alpha value is -0.160. The molecule has 94 valence electrons. The maximum absolute atomic E-state index is 9.66. The molecule has 0 aromatic carbocycles. The van der Waals surface area contributed by atoms with Gasteiger partial charge in [0.15, 0.2) is 0 Å². The van der Waals surface area contributed by atoms with E-state index in [1.165, 1.54) is 25.9 Å². The summed E-state index contributed by atoms with van der Waals surface area (Å²) in [5.41, 5.74) is 0. The summed E-state index contributed by atoms with van der Waals surface area (Å²) in [5, 5.41) is 13.2. The van der Waals surface area contributed by atoms with E-state index >= 15 is 0 Å². The van der Waals surface area contributed by atoms with E-state index in [-0.39, 0.29) is 12.1 Å². The highest BCUT2D eigenvalue weighted by atomic mass is 16.5. The third kappa shape index (κ3) is 2.94. The molecule has 0 aromatic rings. The van der Waals surface area contributed by atoms with E-state index in [0.717, 1.165) is 0 Å². The number of piperidine rings is 1. The zero-order valence-corrected chi connectivity index (χ0v) is 10.4. The molecule has 2 saturated heterocycles. The zero-order chi connectivity index (χ0) is 11.5. The molecule has 2 aliphatic rings. The molecule has 0 aliphatic carbocycles. The van der Waals surface area contributed by atoms with Crippen molar-refractivity contribution in [2.45, 2.75) is 50.9 Å². The number of nitrogens with one attached hydrogen (secondary N) is 1. The fourth-order valence-corrected chi connectivity index (χ4v) is 2.59. The van der Waals surface area contributed by atoms with E-state index in [1.54, 1.807) is 0 Å². The molecule has 16 heavy (non-hydrogen) atoms. The van der Waals surface area contributed by atoms with E-state index in [9.17, 15) is 5.11 Å². The normalized spacial score (nSPS) is 33.8. The molecule has 4 heteroatoms. The van der Waals surface area contributed by atoms with Crippen LogP contribution in [0.5, 0.6) is 0 Å². The molecule has 2 fully saturated rings. The SMILES string of the molecule is CC(C)N1CCC(NC2COCC2O)CC1. The minimum atomic E-state index is -0.317. The standard InChI is InChI=1S/C12H24N2O2/c1-9(2)14-5-3-10(4-6-14)13-11-7-16-8-12(11)15/h9-13,15H,3-8H2,1-2H3. The second-order valence-corrected chi connectivity index (χ2v) is 5.28. The largest absolute Gasteiger partial charge is 0.389 e. The van der Waals surface area contributed by atoms with Gasteiger partial charge in [0.25, 0.3) is 0 Å². The van der Waals surface area contributed by atoms with E-state index in [2.05, 4.69) is 24.1 Å². The van der Waals surface area contributed by atoms with Crippen molar-refractivity contribution in [2.75, 3.05) is 26.3 Å². The first-order chi connectivity index (χ1) is 7.66. The first kappa shape index (κ1) is 12.3. The Balaban J connectivity index is 1.72. The Morgan fingerprint density at radius 1 is 1.25 bits per heavy atom. The highest BCUT2D eigenvalue weighted by Gasteiger charge is 2.29. The topological polar surface area (TPSA) is 44.7 Å². The summed E-state index contributed by atoms with van der Waals surface area (Å²) in [4.78, 5) is 2.51. The number of hydrogen-bond donors (Lipinski definition) is 2. The molecule has 2 aliphatic heterocycles. The van der Waals surface area contributed by atoms with E-state index in [0.29, 0.717) is 25.3 Å². The fraction of sp³-hybridized carbons (Fsp3) is 1.00. The van der Waals surface area contributed by atoms with Gasteiger partial charge in [-0.1, -0.05) is 0 Å². The van der Waals surface area contributed by atoms with Gasteiger partial charge < -0.3 is 20.1 Å². The quantitative estimate of drug-likeness (QED) is 0.725. The van der Waals surface area contributed by atoms with Crippen LogP contribution in [0.3, 0.4) is 0 Å². The fourth-order valence-electron chi connectivity index (χ4n) is 2.59. The summed E-state index contributed by atoms with van der Waals surface area (Å²) < 4.78 is 5.25. The molecule has 2 atom stereocenters. The van der Waals surface area contributed by atoms with Crippen LogP contribution in [0.4, 0.5) is 0 Å². The minimum Gasteiger partial charge on any atom is -0.389 e. The number of nitrogens with zero attached hydrogens (tertiary/aromatic N) is 1. The number of aliphatic hydroxyl groups excluding tert-OH is 1. The van der Waals surface area contributed by atoms with Crippen molar-refractivity contribution in [2.24, 2.45) is 0 Å². The Labute approximate surface area is 98.0 Å². The van der Waals surface area contributed by atoms with Gasteiger partial charge in [-0.2, -0.15) is 0 Å². The van der Waals surface area contributed by atoms with Crippen LogP contribution in [0.1, 0.15) is 26.7 Å². The average molecular weight is 228 g/mol. The number of likely N-dealkylation sites (tertiary alicyclic amines) is 1. The molecular weight excluding hydrogens is 204 g/mol. The van der Waals surface area contributed by atoms with Gasteiger partial charge in [-0.3, -0.25) is 0 Å². The monoisotopic (exact) mass is 228 g/mol. The first-order valence-electron chi connectivity index (χ1n) is 6.42. The molecule has 0 amide bonds. The summed E-state index contributed by atoms with van der Waals surface area (Å²) in [6, 6.07) is 1.35. The predicted octanol–water partition coefficient (Wildman–Crippen LogP) is 0.209. The molecule has 2 rings (SSSR count). The van der Waals surface area contributed by atoms with Crippen molar-refractivity contribution in [1.29, 1.82) is 0 Å². The van der Waals surface area contributed by atoms with E-state index in [1.807, 2.05) is 0 Å². The second-order valence-electron chi connectivity index (χ2n) is 5.28. The van der Waals surface area contributed by atoms with E-state index in [4.69, 9.17) is 4.74 Å². The predicted molar refractivity (Wildman–Crippen MR) is 63.5 cm³/mol. The van der Waals surface area contributed by atoms with Gasteiger partial charge in [-0.05, 0) is 39.8 Å². The van der Waals surface area contributed by atoms with Crippen LogP contribution in [0.15, 0.2) is 0 Å². The maximum atomic E-state index is 9.66. The highest BCUT2D eigenvalue weighted by Crippen LogP contribution is 2.15. The summed E-state index contributed by atoms with van der Waals surface area (Å²) in [7, 11) is 0.